The summed E-state index contributed by atoms with van der Waals surface area (Å²) in [7, 11) is 1.96. The number of rotatable bonds is 3. The van der Waals surface area contributed by atoms with Gasteiger partial charge < -0.3 is 14.8 Å². The van der Waals surface area contributed by atoms with Gasteiger partial charge in [-0.2, -0.15) is 0 Å². The van der Waals surface area contributed by atoms with Crippen molar-refractivity contribution in [1.29, 1.82) is 0 Å². The topological polar surface area (TPSA) is 30.5 Å². The molecule has 0 unspecified atom stereocenters. The van der Waals surface area contributed by atoms with E-state index in [9.17, 15) is 0 Å². The lowest BCUT2D eigenvalue weighted by Crippen LogP contribution is -2.10. The SMILES string of the molecule is CNCCc1ccc2c(c1Br)OCCCO2. The lowest BCUT2D eigenvalue weighted by Gasteiger charge is -2.12. The van der Waals surface area contributed by atoms with E-state index in [2.05, 4.69) is 27.3 Å². The Morgan fingerprint density at radius 2 is 2.12 bits per heavy atom. The molecule has 0 aromatic heterocycles. The van der Waals surface area contributed by atoms with Crippen molar-refractivity contribution in [1.82, 2.24) is 5.32 Å². The van der Waals surface area contributed by atoms with Gasteiger partial charge in [0.05, 0.1) is 17.7 Å². The van der Waals surface area contributed by atoms with Gasteiger partial charge >= 0.3 is 0 Å². The summed E-state index contributed by atoms with van der Waals surface area (Å²) >= 11 is 3.60. The average Bonchev–Trinajstić information content (AvgIpc) is 2.54. The maximum Gasteiger partial charge on any atom is 0.175 e. The van der Waals surface area contributed by atoms with Crippen molar-refractivity contribution in [2.45, 2.75) is 12.8 Å². The fourth-order valence-electron chi connectivity index (χ4n) is 1.70. The summed E-state index contributed by atoms with van der Waals surface area (Å²) in [5.74, 6) is 1.70. The van der Waals surface area contributed by atoms with Gasteiger partial charge in [0.25, 0.3) is 0 Å². The van der Waals surface area contributed by atoms with Crippen LogP contribution in [0.25, 0.3) is 0 Å². The van der Waals surface area contributed by atoms with Crippen LogP contribution in [0.3, 0.4) is 0 Å². The van der Waals surface area contributed by atoms with Crippen LogP contribution in [0.5, 0.6) is 11.5 Å². The summed E-state index contributed by atoms with van der Waals surface area (Å²) in [6.07, 6.45) is 1.92. The van der Waals surface area contributed by atoms with Crippen LogP contribution in [0.1, 0.15) is 12.0 Å². The molecular weight excluding hydrogens is 270 g/mol. The first-order chi connectivity index (χ1) is 7.83. The zero-order valence-electron chi connectivity index (χ0n) is 9.38. The molecule has 2 rings (SSSR count). The molecule has 0 amide bonds. The molecule has 16 heavy (non-hydrogen) atoms. The van der Waals surface area contributed by atoms with Gasteiger partial charge in [-0.3, -0.25) is 0 Å². The molecule has 3 nitrogen and oxygen atoms in total. The van der Waals surface area contributed by atoms with Crippen LogP contribution in [0.15, 0.2) is 16.6 Å². The Bertz CT molecular complexity index is 368. The van der Waals surface area contributed by atoms with Gasteiger partial charge in [-0.15, -0.1) is 0 Å². The van der Waals surface area contributed by atoms with E-state index >= 15 is 0 Å². The van der Waals surface area contributed by atoms with Crippen LogP contribution in [0.2, 0.25) is 0 Å². The van der Waals surface area contributed by atoms with E-state index in [4.69, 9.17) is 9.47 Å². The molecule has 0 aliphatic carbocycles. The second-order valence-corrected chi connectivity index (χ2v) is 4.56. The first-order valence-electron chi connectivity index (χ1n) is 5.54. The van der Waals surface area contributed by atoms with E-state index in [0.717, 1.165) is 48.6 Å². The summed E-state index contributed by atoms with van der Waals surface area (Å²) in [5, 5.41) is 3.14. The second-order valence-electron chi connectivity index (χ2n) is 3.77. The summed E-state index contributed by atoms with van der Waals surface area (Å²) < 4.78 is 12.4. The number of hydrogen-bond donors (Lipinski definition) is 1. The molecule has 1 heterocycles. The highest BCUT2D eigenvalue weighted by Crippen LogP contribution is 2.39. The monoisotopic (exact) mass is 285 g/mol. The number of fused-ring (bicyclic) bond motifs is 1. The maximum atomic E-state index is 5.71. The van der Waals surface area contributed by atoms with Crippen LogP contribution >= 0.6 is 15.9 Å². The van der Waals surface area contributed by atoms with Gasteiger partial charge in [-0.05, 0) is 47.6 Å². The highest BCUT2D eigenvalue weighted by Gasteiger charge is 2.16. The van der Waals surface area contributed by atoms with Gasteiger partial charge in [0.1, 0.15) is 0 Å². The largest absolute Gasteiger partial charge is 0.490 e. The number of hydrogen-bond acceptors (Lipinski definition) is 3. The Morgan fingerprint density at radius 3 is 2.94 bits per heavy atom. The van der Waals surface area contributed by atoms with E-state index in [-0.39, 0.29) is 0 Å². The third-order valence-electron chi connectivity index (χ3n) is 2.58. The molecule has 0 atom stereocenters. The number of likely N-dealkylation sites (N-methyl/N-ethyl adjacent to an activating group) is 1. The fraction of sp³-hybridized carbons (Fsp3) is 0.500. The van der Waals surface area contributed by atoms with Crippen LogP contribution in [-0.2, 0) is 6.42 Å². The minimum atomic E-state index is 0.723. The molecule has 1 N–H and O–H groups in total. The third-order valence-corrected chi connectivity index (χ3v) is 3.45. The molecule has 0 spiro atoms. The highest BCUT2D eigenvalue weighted by molar-refractivity contribution is 9.10. The lowest BCUT2D eigenvalue weighted by molar-refractivity contribution is 0.296. The number of ether oxygens (including phenoxy) is 2. The molecule has 88 valence electrons. The molecule has 1 aromatic rings. The number of benzene rings is 1. The first-order valence-corrected chi connectivity index (χ1v) is 6.34. The Balaban J connectivity index is 2.26. The standard InChI is InChI=1S/C12H16BrNO2/c1-14-6-5-9-3-4-10-12(11(9)13)16-8-2-7-15-10/h3-4,14H,2,5-8H2,1H3. The summed E-state index contributed by atoms with van der Waals surface area (Å²) in [5.41, 5.74) is 1.25. The molecule has 1 aliphatic heterocycles. The third kappa shape index (κ3) is 2.50. The van der Waals surface area contributed by atoms with Crippen molar-refractivity contribution >= 4 is 15.9 Å². The van der Waals surface area contributed by atoms with Crippen molar-refractivity contribution in [2.75, 3.05) is 26.8 Å². The van der Waals surface area contributed by atoms with Gasteiger partial charge in [0, 0.05) is 6.42 Å². The summed E-state index contributed by atoms with van der Waals surface area (Å²) in [4.78, 5) is 0. The quantitative estimate of drug-likeness (QED) is 0.925. The predicted molar refractivity (Wildman–Crippen MR) is 67.4 cm³/mol. The van der Waals surface area contributed by atoms with Gasteiger partial charge in [-0.1, -0.05) is 6.07 Å². The molecule has 0 saturated carbocycles. The van der Waals surface area contributed by atoms with Crippen LogP contribution in [0.4, 0.5) is 0 Å². The summed E-state index contributed by atoms with van der Waals surface area (Å²) in [6, 6.07) is 4.09. The minimum absolute atomic E-state index is 0.723. The highest BCUT2D eigenvalue weighted by atomic mass is 79.9. The predicted octanol–water partition coefficient (Wildman–Crippen LogP) is 2.37. The Morgan fingerprint density at radius 1 is 1.31 bits per heavy atom. The van der Waals surface area contributed by atoms with E-state index in [1.54, 1.807) is 0 Å². The minimum Gasteiger partial charge on any atom is -0.490 e. The van der Waals surface area contributed by atoms with Crippen molar-refractivity contribution < 1.29 is 9.47 Å². The summed E-state index contributed by atoms with van der Waals surface area (Å²) in [6.45, 7) is 2.41. The van der Waals surface area contributed by atoms with Crippen molar-refractivity contribution in [2.24, 2.45) is 0 Å². The van der Waals surface area contributed by atoms with E-state index < -0.39 is 0 Å². The Kier molecular flexibility index (Phi) is 4.07. The van der Waals surface area contributed by atoms with Crippen molar-refractivity contribution in [3.8, 4) is 11.5 Å². The van der Waals surface area contributed by atoms with E-state index in [1.165, 1.54) is 5.56 Å². The van der Waals surface area contributed by atoms with Gasteiger partial charge in [-0.25, -0.2) is 0 Å². The number of nitrogens with one attached hydrogen (secondary N) is 1. The zero-order valence-corrected chi connectivity index (χ0v) is 11.0. The molecular formula is C12H16BrNO2. The van der Waals surface area contributed by atoms with Crippen molar-refractivity contribution in [3.63, 3.8) is 0 Å². The molecule has 4 heteroatoms. The van der Waals surface area contributed by atoms with Gasteiger partial charge in [0.2, 0.25) is 0 Å². The molecule has 0 fully saturated rings. The smallest absolute Gasteiger partial charge is 0.175 e. The van der Waals surface area contributed by atoms with Crippen molar-refractivity contribution in [3.05, 3.63) is 22.2 Å². The van der Waals surface area contributed by atoms with Crippen LogP contribution in [0, 0.1) is 0 Å². The molecule has 0 saturated heterocycles. The number of halogens is 1. The van der Waals surface area contributed by atoms with E-state index in [0.29, 0.717) is 0 Å². The van der Waals surface area contributed by atoms with Crippen LogP contribution < -0.4 is 14.8 Å². The van der Waals surface area contributed by atoms with E-state index in [1.807, 2.05) is 13.1 Å². The lowest BCUT2D eigenvalue weighted by atomic mass is 10.1. The maximum absolute atomic E-state index is 5.71. The Labute approximate surface area is 104 Å². The zero-order chi connectivity index (χ0) is 11.4. The molecule has 1 aromatic carbocycles. The molecule has 1 aliphatic rings. The Hall–Kier alpha value is -0.740. The fourth-order valence-corrected chi connectivity index (χ4v) is 2.34. The second kappa shape index (κ2) is 5.55. The molecule has 0 bridgehead atoms. The normalized spacial score (nSPS) is 14.6. The average molecular weight is 286 g/mol. The first kappa shape index (κ1) is 11.7. The van der Waals surface area contributed by atoms with Crippen LogP contribution in [-0.4, -0.2) is 26.8 Å². The van der Waals surface area contributed by atoms with Gasteiger partial charge in [0.15, 0.2) is 11.5 Å². The molecule has 0 radical (unpaired) electrons.